The van der Waals surface area contributed by atoms with E-state index >= 15 is 0 Å². The number of aliphatic hydroxyl groups excluding tert-OH is 1. The van der Waals surface area contributed by atoms with Crippen LogP contribution >= 0.6 is 0 Å². The highest BCUT2D eigenvalue weighted by molar-refractivity contribution is 6.04. The predicted octanol–water partition coefficient (Wildman–Crippen LogP) is 2.29. The van der Waals surface area contributed by atoms with Crippen molar-refractivity contribution in [3.8, 4) is 11.8 Å². The lowest BCUT2D eigenvalue weighted by atomic mass is 10.1. The minimum absolute atomic E-state index is 0.249. The molecule has 106 valence electrons. The molecule has 0 saturated heterocycles. The lowest BCUT2D eigenvalue weighted by molar-refractivity contribution is 0.102. The van der Waals surface area contributed by atoms with Gasteiger partial charge in [-0.2, -0.15) is 0 Å². The van der Waals surface area contributed by atoms with Gasteiger partial charge < -0.3 is 10.4 Å². The van der Waals surface area contributed by atoms with Gasteiger partial charge >= 0.3 is 0 Å². The van der Waals surface area contributed by atoms with Crippen LogP contribution in [0.4, 0.5) is 5.69 Å². The highest BCUT2D eigenvalue weighted by atomic mass is 16.2. The molecule has 2 N–H and O–H groups in total. The van der Waals surface area contributed by atoms with E-state index < -0.39 is 0 Å². The summed E-state index contributed by atoms with van der Waals surface area (Å²) in [7, 11) is 0. The Morgan fingerprint density at radius 2 is 2.14 bits per heavy atom. The van der Waals surface area contributed by atoms with E-state index in [1.807, 2.05) is 32.0 Å². The molecule has 0 unspecified atom stereocenters. The van der Waals surface area contributed by atoms with Crippen LogP contribution in [0.3, 0.4) is 0 Å². The van der Waals surface area contributed by atoms with Crippen molar-refractivity contribution in [3.63, 3.8) is 0 Å². The molecular formula is C17H16N2O2. The van der Waals surface area contributed by atoms with Crippen LogP contribution in [-0.2, 0) is 0 Å². The van der Waals surface area contributed by atoms with Crippen LogP contribution in [0.1, 0.15) is 27.2 Å². The van der Waals surface area contributed by atoms with E-state index in [4.69, 9.17) is 5.11 Å². The van der Waals surface area contributed by atoms with Gasteiger partial charge in [-0.15, -0.1) is 0 Å². The second-order valence-corrected chi connectivity index (χ2v) is 4.63. The van der Waals surface area contributed by atoms with Gasteiger partial charge in [-0.25, -0.2) is 4.98 Å². The Kier molecular flexibility index (Phi) is 4.70. The Balaban J connectivity index is 2.28. The lowest BCUT2D eigenvalue weighted by Gasteiger charge is -2.09. The van der Waals surface area contributed by atoms with Gasteiger partial charge in [0.05, 0.1) is 5.56 Å². The van der Waals surface area contributed by atoms with E-state index in [9.17, 15) is 4.79 Å². The van der Waals surface area contributed by atoms with E-state index in [2.05, 4.69) is 22.1 Å². The highest BCUT2D eigenvalue weighted by Gasteiger charge is 2.12. The van der Waals surface area contributed by atoms with Crippen molar-refractivity contribution in [2.75, 3.05) is 11.9 Å². The molecule has 0 radical (unpaired) electrons. The number of carbonyl (C=O) groups excluding carboxylic acids is 1. The number of hydrogen-bond donors (Lipinski definition) is 2. The molecule has 0 aliphatic heterocycles. The fourth-order valence-corrected chi connectivity index (χ4v) is 1.96. The van der Waals surface area contributed by atoms with Crippen LogP contribution in [0.5, 0.6) is 0 Å². The monoisotopic (exact) mass is 280 g/mol. The molecule has 2 rings (SSSR count). The van der Waals surface area contributed by atoms with E-state index in [-0.39, 0.29) is 18.2 Å². The fraction of sp³-hybridized carbons (Fsp3) is 0.176. The van der Waals surface area contributed by atoms with Crippen molar-refractivity contribution in [2.24, 2.45) is 0 Å². The molecule has 2 aromatic rings. The zero-order valence-corrected chi connectivity index (χ0v) is 12.0. The molecule has 0 aliphatic carbocycles. The summed E-state index contributed by atoms with van der Waals surface area (Å²) in [6.07, 6.45) is 1.54. The van der Waals surface area contributed by atoms with Crippen LogP contribution < -0.4 is 5.32 Å². The lowest BCUT2D eigenvalue weighted by Crippen LogP contribution is -2.16. The topological polar surface area (TPSA) is 62.2 Å². The Morgan fingerprint density at radius 3 is 2.86 bits per heavy atom. The standard InChI is InChI=1S/C17H16N2O2/c1-12-7-8-15(13(2)11-12)19-17(21)16-14(6-4-10-20)5-3-9-18-16/h3,5,7-9,11,20H,10H2,1-2H3,(H,19,21). The number of rotatable bonds is 2. The van der Waals surface area contributed by atoms with Gasteiger partial charge in [-0.05, 0) is 37.6 Å². The SMILES string of the molecule is Cc1ccc(NC(=O)c2ncccc2C#CCO)c(C)c1. The average Bonchev–Trinajstić information content (AvgIpc) is 2.48. The molecule has 0 spiro atoms. The number of pyridine rings is 1. The van der Waals surface area contributed by atoms with Crippen molar-refractivity contribution in [1.29, 1.82) is 0 Å². The second kappa shape index (κ2) is 6.69. The first-order chi connectivity index (χ1) is 10.1. The minimum atomic E-state index is -0.315. The van der Waals surface area contributed by atoms with Gasteiger partial charge in [0.1, 0.15) is 12.3 Å². The fourth-order valence-electron chi connectivity index (χ4n) is 1.96. The molecular weight excluding hydrogens is 264 g/mol. The summed E-state index contributed by atoms with van der Waals surface area (Å²) in [5.41, 5.74) is 3.62. The molecule has 1 aromatic heterocycles. The third kappa shape index (κ3) is 3.68. The molecule has 21 heavy (non-hydrogen) atoms. The summed E-state index contributed by atoms with van der Waals surface area (Å²) < 4.78 is 0. The molecule has 4 nitrogen and oxygen atoms in total. The summed E-state index contributed by atoms with van der Waals surface area (Å²) in [5.74, 6) is 4.94. The molecule has 0 atom stereocenters. The molecule has 1 heterocycles. The van der Waals surface area contributed by atoms with Crippen LogP contribution in [-0.4, -0.2) is 22.6 Å². The molecule has 4 heteroatoms. The number of amides is 1. The van der Waals surface area contributed by atoms with Crippen LogP contribution in [0.2, 0.25) is 0 Å². The van der Waals surface area contributed by atoms with Crippen LogP contribution in [0.25, 0.3) is 0 Å². The Labute approximate surface area is 123 Å². The number of nitrogens with zero attached hydrogens (tertiary/aromatic N) is 1. The number of hydrogen-bond acceptors (Lipinski definition) is 3. The Hall–Kier alpha value is -2.64. The van der Waals surface area contributed by atoms with Gasteiger partial charge in [-0.1, -0.05) is 29.5 Å². The smallest absolute Gasteiger partial charge is 0.275 e. The number of benzene rings is 1. The number of carbonyl (C=O) groups is 1. The van der Waals surface area contributed by atoms with Crippen molar-refractivity contribution < 1.29 is 9.90 Å². The minimum Gasteiger partial charge on any atom is -0.384 e. The van der Waals surface area contributed by atoms with E-state index in [0.717, 1.165) is 16.8 Å². The summed E-state index contributed by atoms with van der Waals surface area (Å²) in [6.45, 7) is 3.68. The van der Waals surface area contributed by atoms with Gasteiger partial charge in [0.2, 0.25) is 0 Å². The van der Waals surface area contributed by atoms with Gasteiger partial charge in [0, 0.05) is 11.9 Å². The van der Waals surface area contributed by atoms with Crippen molar-refractivity contribution >= 4 is 11.6 Å². The summed E-state index contributed by atoms with van der Waals surface area (Å²) in [5, 5.41) is 11.6. The largest absolute Gasteiger partial charge is 0.384 e. The number of nitrogens with one attached hydrogen (secondary N) is 1. The normalized spacial score (nSPS) is 9.67. The quantitative estimate of drug-likeness (QED) is 0.830. The van der Waals surface area contributed by atoms with Crippen molar-refractivity contribution in [1.82, 2.24) is 4.98 Å². The summed E-state index contributed by atoms with van der Waals surface area (Å²) in [4.78, 5) is 16.4. The highest BCUT2D eigenvalue weighted by Crippen LogP contribution is 2.17. The first-order valence-electron chi connectivity index (χ1n) is 6.55. The maximum Gasteiger partial charge on any atom is 0.275 e. The zero-order valence-electron chi connectivity index (χ0n) is 12.0. The summed E-state index contributed by atoms with van der Waals surface area (Å²) in [6, 6.07) is 9.21. The van der Waals surface area contributed by atoms with Crippen molar-refractivity contribution in [2.45, 2.75) is 13.8 Å². The third-order valence-electron chi connectivity index (χ3n) is 2.96. The van der Waals surface area contributed by atoms with Crippen LogP contribution in [0.15, 0.2) is 36.5 Å². The van der Waals surface area contributed by atoms with Gasteiger partial charge in [-0.3, -0.25) is 4.79 Å². The number of anilines is 1. The molecule has 0 saturated carbocycles. The second-order valence-electron chi connectivity index (χ2n) is 4.63. The van der Waals surface area contributed by atoms with Gasteiger partial charge in [0.25, 0.3) is 5.91 Å². The van der Waals surface area contributed by atoms with Gasteiger partial charge in [0.15, 0.2) is 0 Å². The molecule has 1 amide bonds. The molecule has 1 aromatic carbocycles. The average molecular weight is 280 g/mol. The maximum absolute atomic E-state index is 12.3. The Morgan fingerprint density at radius 1 is 1.33 bits per heavy atom. The van der Waals surface area contributed by atoms with E-state index in [0.29, 0.717) is 5.56 Å². The van der Waals surface area contributed by atoms with E-state index in [1.165, 1.54) is 0 Å². The molecule has 0 fully saturated rings. The summed E-state index contributed by atoms with van der Waals surface area (Å²) >= 11 is 0. The Bertz CT molecular complexity index is 727. The first kappa shape index (κ1) is 14.8. The number of aromatic nitrogens is 1. The molecule has 0 aliphatic rings. The van der Waals surface area contributed by atoms with E-state index in [1.54, 1.807) is 18.3 Å². The molecule has 0 bridgehead atoms. The third-order valence-corrected chi connectivity index (χ3v) is 2.96. The van der Waals surface area contributed by atoms with Crippen LogP contribution in [0, 0.1) is 25.7 Å². The maximum atomic E-state index is 12.3. The van der Waals surface area contributed by atoms with Crippen molar-refractivity contribution in [3.05, 3.63) is 58.9 Å². The number of aliphatic hydroxyl groups is 1. The predicted molar refractivity (Wildman–Crippen MR) is 82.1 cm³/mol. The number of aryl methyl sites for hydroxylation is 2. The zero-order chi connectivity index (χ0) is 15.2. The first-order valence-corrected chi connectivity index (χ1v) is 6.55.